The monoisotopic (exact) mass is 370 g/mol. The zero-order valence-corrected chi connectivity index (χ0v) is 15.7. The lowest BCUT2D eigenvalue weighted by Crippen LogP contribution is -2.32. The predicted octanol–water partition coefficient (Wildman–Crippen LogP) is 3.48. The second-order valence-corrected chi connectivity index (χ2v) is 7.17. The van der Waals surface area contributed by atoms with Crippen LogP contribution in [-0.4, -0.2) is 46.3 Å². The number of nitrogens with zero attached hydrogens (tertiary/aromatic N) is 4. The molecule has 136 valence electrons. The average Bonchev–Trinajstić information content (AvgIpc) is 3.21. The third-order valence-electron chi connectivity index (χ3n) is 4.33. The Morgan fingerprint density at radius 2 is 2.27 bits per heavy atom. The normalized spacial score (nSPS) is 14.1. The molecule has 2 aromatic heterocycles. The first-order valence-electron chi connectivity index (χ1n) is 8.67. The molecule has 3 rings (SSSR count). The molecule has 0 bridgehead atoms. The molecule has 1 fully saturated rings. The molecule has 0 spiro atoms. The summed E-state index contributed by atoms with van der Waals surface area (Å²) < 4.78 is 0. The minimum Gasteiger partial charge on any atom is -0.322 e. The van der Waals surface area contributed by atoms with Crippen molar-refractivity contribution in [2.45, 2.75) is 26.2 Å². The zero-order valence-electron chi connectivity index (χ0n) is 14.9. The van der Waals surface area contributed by atoms with Crippen LogP contribution < -0.4 is 4.90 Å². The van der Waals surface area contributed by atoms with E-state index in [0.29, 0.717) is 48.2 Å². The molecule has 0 radical (unpaired) electrons. The molecule has 3 heterocycles. The molecular weight excluding hydrogens is 348 g/mol. The van der Waals surface area contributed by atoms with Gasteiger partial charge in [0.15, 0.2) is 10.9 Å². The fourth-order valence-electron chi connectivity index (χ4n) is 2.89. The van der Waals surface area contributed by atoms with Crippen LogP contribution in [0.4, 0.5) is 9.93 Å². The smallest absolute Gasteiger partial charge is 0.322 e. The second kappa shape index (κ2) is 8.23. The van der Waals surface area contributed by atoms with Crippen LogP contribution in [0.15, 0.2) is 37.2 Å². The predicted molar refractivity (Wildman–Crippen MR) is 103 cm³/mol. The minimum atomic E-state index is -0.0463. The number of ketones is 1. The fraction of sp³-hybridized carbons (Fsp3) is 0.368. The van der Waals surface area contributed by atoms with Gasteiger partial charge < -0.3 is 4.90 Å². The third-order valence-corrected chi connectivity index (χ3v) is 5.55. The van der Waals surface area contributed by atoms with Gasteiger partial charge >= 0.3 is 6.03 Å². The summed E-state index contributed by atoms with van der Waals surface area (Å²) in [5.74, 6) is 0.0604. The largest absolute Gasteiger partial charge is 0.326 e. The van der Waals surface area contributed by atoms with Gasteiger partial charge in [-0.15, -0.1) is 6.58 Å². The van der Waals surface area contributed by atoms with E-state index >= 15 is 0 Å². The van der Waals surface area contributed by atoms with Crippen molar-refractivity contribution in [3.8, 4) is 0 Å². The van der Waals surface area contributed by atoms with E-state index in [-0.39, 0.29) is 11.8 Å². The first kappa shape index (κ1) is 18.3. The van der Waals surface area contributed by atoms with Gasteiger partial charge in [-0.1, -0.05) is 23.5 Å². The van der Waals surface area contributed by atoms with Gasteiger partial charge in [0.05, 0.1) is 10.6 Å². The van der Waals surface area contributed by atoms with Crippen molar-refractivity contribution in [1.82, 2.24) is 14.9 Å². The van der Waals surface area contributed by atoms with E-state index in [1.165, 1.54) is 11.3 Å². The molecule has 1 aliphatic rings. The van der Waals surface area contributed by atoms with Crippen LogP contribution in [0.5, 0.6) is 0 Å². The number of thiazole rings is 1. The van der Waals surface area contributed by atoms with Crippen LogP contribution >= 0.6 is 11.3 Å². The number of hydrogen-bond donors (Lipinski definition) is 0. The van der Waals surface area contributed by atoms with E-state index in [1.807, 2.05) is 25.1 Å². The number of hydrogen-bond acceptors (Lipinski definition) is 5. The zero-order chi connectivity index (χ0) is 18.5. The second-order valence-electron chi connectivity index (χ2n) is 6.19. The first-order valence-corrected chi connectivity index (χ1v) is 9.48. The van der Waals surface area contributed by atoms with Crippen LogP contribution in [0.3, 0.4) is 0 Å². The Labute approximate surface area is 157 Å². The van der Waals surface area contributed by atoms with Gasteiger partial charge in [-0.25, -0.2) is 9.78 Å². The Morgan fingerprint density at radius 1 is 1.42 bits per heavy atom. The van der Waals surface area contributed by atoms with Crippen LogP contribution in [-0.2, 0) is 6.42 Å². The van der Waals surface area contributed by atoms with Crippen molar-refractivity contribution in [2.75, 3.05) is 24.5 Å². The molecule has 6 nitrogen and oxygen atoms in total. The van der Waals surface area contributed by atoms with E-state index in [4.69, 9.17) is 0 Å². The Morgan fingerprint density at radius 3 is 3.00 bits per heavy atom. The van der Waals surface area contributed by atoms with E-state index in [0.717, 1.165) is 12.0 Å². The highest BCUT2D eigenvalue weighted by Gasteiger charge is 2.31. The number of amides is 2. The number of Topliss-reactive ketones (excluding diaryl/α,β-unsaturated/α-hetero) is 1. The maximum absolute atomic E-state index is 12.6. The van der Waals surface area contributed by atoms with Crippen LogP contribution in [0, 0.1) is 6.92 Å². The van der Waals surface area contributed by atoms with Crippen LogP contribution in [0.25, 0.3) is 0 Å². The van der Waals surface area contributed by atoms with Crippen molar-refractivity contribution in [2.24, 2.45) is 0 Å². The Bertz CT molecular complexity index is 803. The number of rotatable bonds is 8. The number of carbonyl (C=O) groups excluding carboxylic acids is 2. The Kier molecular flexibility index (Phi) is 5.78. The SMILES string of the molecule is C=CCCN1CCN(c2nc(C)c(C(=O)CCc3cccnc3)s2)C1=O. The van der Waals surface area contributed by atoms with Gasteiger partial charge in [-0.3, -0.25) is 14.7 Å². The molecular formula is C19H22N4O2S. The molecule has 1 saturated heterocycles. The average molecular weight is 370 g/mol. The first-order chi connectivity index (χ1) is 12.6. The van der Waals surface area contributed by atoms with Crippen molar-refractivity contribution in [3.05, 3.63) is 53.3 Å². The summed E-state index contributed by atoms with van der Waals surface area (Å²) in [6, 6.07) is 3.79. The standard InChI is InChI=1S/C19H22N4O2S/c1-3-4-10-22-11-12-23(19(22)25)18-21-14(2)17(26-18)16(24)8-7-15-6-5-9-20-13-15/h3,5-6,9,13H,1,4,7-8,10-12H2,2H3. The minimum absolute atomic E-state index is 0.0463. The summed E-state index contributed by atoms with van der Waals surface area (Å²) in [4.78, 5) is 37.7. The summed E-state index contributed by atoms with van der Waals surface area (Å²) in [5, 5.41) is 0.610. The van der Waals surface area contributed by atoms with Gasteiger partial charge in [0.25, 0.3) is 0 Å². The van der Waals surface area contributed by atoms with Gasteiger partial charge in [-0.2, -0.15) is 0 Å². The van der Waals surface area contributed by atoms with Crippen LogP contribution in [0.2, 0.25) is 0 Å². The Hall–Kier alpha value is -2.54. The lowest BCUT2D eigenvalue weighted by atomic mass is 10.1. The molecule has 7 heteroatoms. The molecule has 0 atom stereocenters. The van der Waals surface area contributed by atoms with Crippen molar-refractivity contribution in [1.29, 1.82) is 0 Å². The number of aryl methyl sites for hydroxylation is 2. The van der Waals surface area contributed by atoms with E-state index in [1.54, 1.807) is 22.2 Å². The van der Waals surface area contributed by atoms with Gasteiger partial charge in [-0.05, 0) is 31.4 Å². The summed E-state index contributed by atoms with van der Waals surface area (Å²) in [6.45, 7) is 7.47. The lowest BCUT2D eigenvalue weighted by molar-refractivity contribution is 0.0986. The summed E-state index contributed by atoms with van der Waals surface area (Å²) in [7, 11) is 0. The molecule has 26 heavy (non-hydrogen) atoms. The van der Waals surface area contributed by atoms with Crippen LogP contribution in [0.1, 0.15) is 33.8 Å². The number of urea groups is 1. The van der Waals surface area contributed by atoms with E-state index in [9.17, 15) is 9.59 Å². The molecule has 0 N–H and O–H groups in total. The molecule has 0 aliphatic carbocycles. The third kappa shape index (κ3) is 3.99. The molecule has 2 aromatic rings. The summed E-state index contributed by atoms with van der Waals surface area (Å²) >= 11 is 1.31. The number of pyridine rings is 1. The number of carbonyl (C=O) groups is 2. The summed E-state index contributed by atoms with van der Waals surface area (Å²) in [5.41, 5.74) is 1.73. The molecule has 2 amide bonds. The maximum Gasteiger partial charge on any atom is 0.326 e. The van der Waals surface area contributed by atoms with Gasteiger partial charge in [0.2, 0.25) is 0 Å². The highest BCUT2D eigenvalue weighted by Crippen LogP contribution is 2.30. The highest BCUT2D eigenvalue weighted by molar-refractivity contribution is 7.17. The number of anilines is 1. The number of aromatic nitrogens is 2. The maximum atomic E-state index is 12.6. The molecule has 1 aliphatic heterocycles. The molecule has 0 aromatic carbocycles. The topological polar surface area (TPSA) is 66.4 Å². The Balaban J connectivity index is 1.66. The molecule has 0 saturated carbocycles. The van der Waals surface area contributed by atoms with Crippen molar-refractivity contribution >= 4 is 28.3 Å². The van der Waals surface area contributed by atoms with Gasteiger partial charge in [0, 0.05) is 38.4 Å². The van der Waals surface area contributed by atoms with E-state index in [2.05, 4.69) is 16.5 Å². The fourth-order valence-corrected chi connectivity index (χ4v) is 3.94. The van der Waals surface area contributed by atoms with Crippen molar-refractivity contribution in [3.63, 3.8) is 0 Å². The quantitative estimate of drug-likeness (QED) is 0.527. The highest BCUT2D eigenvalue weighted by atomic mass is 32.1. The molecule has 0 unspecified atom stereocenters. The van der Waals surface area contributed by atoms with Gasteiger partial charge in [0.1, 0.15) is 0 Å². The van der Waals surface area contributed by atoms with E-state index < -0.39 is 0 Å². The lowest BCUT2D eigenvalue weighted by Gasteiger charge is -2.15. The summed E-state index contributed by atoms with van der Waals surface area (Å²) in [6.07, 6.45) is 7.14. The van der Waals surface area contributed by atoms with Crippen molar-refractivity contribution < 1.29 is 9.59 Å².